The molecule has 1 N–H and O–H groups in total. The molecule has 0 unspecified atom stereocenters. The van der Waals surface area contributed by atoms with Crippen LogP contribution < -0.4 is 5.32 Å². The lowest BCUT2D eigenvalue weighted by molar-refractivity contribution is -0.00277. The van der Waals surface area contributed by atoms with Crippen LogP contribution >= 0.6 is 0 Å². The van der Waals surface area contributed by atoms with Crippen LogP contribution in [-0.4, -0.2) is 7.05 Å². The van der Waals surface area contributed by atoms with Gasteiger partial charge in [-0.15, -0.1) is 0 Å². The summed E-state index contributed by atoms with van der Waals surface area (Å²) in [6.45, 7) is 0. The van der Waals surface area contributed by atoms with Gasteiger partial charge in [0.15, 0.2) is 0 Å². The molecule has 96 valence electrons. The van der Waals surface area contributed by atoms with Gasteiger partial charge in [0.25, 0.3) is 0 Å². The van der Waals surface area contributed by atoms with Gasteiger partial charge < -0.3 is 5.32 Å². The summed E-state index contributed by atoms with van der Waals surface area (Å²) < 4.78 is 0. The third kappa shape index (κ3) is 1.60. The Morgan fingerprint density at radius 3 is 1.89 bits per heavy atom. The highest BCUT2D eigenvalue weighted by atomic mass is 14.8. The Hall–Kier alpha value is -0.980. The molecular formula is C17H23N. The van der Waals surface area contributed by atoms with E-state index in [4.69, 9.17) is 0 Å². The van der Waals surface area contributed by atoms with Crippen molar-refractivity contribution >= 4 is 5.69 Å². The molecule has 0 saturated heterocycles. The van der Waals surface area contributed by atoms with Crippen molar-refractivity contribution in [3.63, 3.8) is 0 Å². The Bertz CT molecular complexity index is 405. The molecule has 0 spiro atoms. The van der Waals surface area contributed by atoms with E-state index in [1.807, 2.05) is 7.05 Å². The topological polar surface area (TPSA) is 12.0 Å². The predicted molar refractivity (Wildman–Crippen MR) is 75.8 cm³/mol. The lowest BCUT2D eigenvalue weighted by atomic mass is 9.51. The third-order valence-electron chi connectivity index (χ3n) is 5.81. The molecular weight excluding hydrogens is 218 g/mol. The highest BCUT2D eigenvalue weighted by molar-refractivity contribution is 5.45. The highest BCUT2D eigenvalue weighted by Crippen LogP contribution is 2.59. The highest BCUT2D eigenvalue weighted by Gasteiger charge is 2.48. The molecule has 5 rings (SSSR count). The molecule has 4 aliphatic carbocycles. The molecule has 18 heavy (non-hydrogen) atoms. The van der Waals surface area contributed by atoms with Gasteiger partial charge in [0.1, 0.15) is 0 Å². The molecule has 0 amide bonds. The zero-order chi connectivity index (χ0) is 12.1. The standard InChI is InChI=1S/C17H23N/c1-18-16-4-2-13(3-5-16)17-14-7-11-6-12(9-14)10-15(17)8-11/h2-5,11-12,14-15,17-18H,6-10H2,1H3. The molecule has 0 radical (unpaired) electrons. The van der Waals surface area contributed by atoms with Gasteiger partial charge in [-0.1, -0.05) is 12.1 Å². The Morgan fingerprint density at radius 2 is 1.39 bits per heavy atom. The summed E-state index contributed by atoms with van der Waals surface area (Å²) in [7, 11) is 2.00. The van der Waals surface area contributed by atoms with E-state index in [2.05, 4.69) is 29.6 Å². The maximum Gasteiger partial charge on any atom is 0.0337 e. The van der Waals surface area contributed by atoms with Gasteiger partial charge in [0, 0.05) is 12.7 Å². The van der Waals surface area contributed by atoms with Crippen LogP contribution in [0.2, 0.25) is 0 Å². The molecule has 0 aromatic heterocycles. The first-order valence-corrected chi connectivity index (χ1v) is 7.61. The van der Waals surface area contributed by atoms with Crippen LogP contribution in [-0.2, 0) is 0 Å². The fraction of sp³-hybridized carbons (Fsp3) is 0.647. The minimum Gasteiger partial charge on any atom is -0.388 e. The molecule has 4 aliphatic rings. The molecule has 0 aliphatic heterocycles. The zero-order valence-electron chi connectivity index (χ0n) is 11.2. The van der Waals surface area contributed by atoms with Gasteiger partial charge >= 0.3 is 0 Å². The summed E-state index contributed by atoms with van der Waals surface area (Å²) in [6.07, 6.45) is 7.63. The molecule has 0 atom stereocenters. The number of anilines is 1. The van der Waals surface area contributed by atoms with Crippen molar-refractivity contribution in [2.45, 2.75) is 38.0 Å². The molecule has 1 heteroatoms. The van der Waals surface area contributed by atoms with E-state index in [-0.39, 0.29) is 0 Å². The van der Waals surface area contributed by atoms with Gasteiger partial charge in [-0.2, -0.15) is 0 Å². The average molecular weight is 241 g/mol. The molecule has 4 fully saturated rings. The Labute approximate surface area is 110 Å². The van der Waals surface area contributed by atoms with Crippen LogP contribution in [0.5, 0.6) is 0 Å². The summed E-state index contributed by atoms with van der Waals surface area (Å²) in [6, 6.07) is 9.25. The lowest BCUT2D eigenvalue weighted by Gasteiger charge is -2.54. The monoisotopic (exact) mass is 241 g/mol. The first kappa shape index (κ1) is 10.9. The first-order valence-electron chi connectivity index (χ1n) is 7.61. The van der Waals surface area contributed by atoms with Crippen molar-refractivity contribution in [3.05, 3.63) is 29.8 Å². The first-order chi connectivity index (χ1) is 8.83. The fourth-order valence-corrected chi connectivity index (χ4v) is 5.34. The van der Waals surface area contributed by atoms with E-state index >= 15 is 0 Å². The maximum absolute atomic E-state index is 3.22. The largest absolute Gasteiger partial charge is 0.388 e. The lowest BCUT2D eigenvalue weighted by Crippen LogP contribution is -2.43. The summed E-state index contributed by atoms with van der Waals surface area (Å²) >= 11 is 0. The van der Waals surface area contributed by atoms with E-state index in [0.29, 0.717) is 0 Å². The molecule has 0 heterocycles. The van der Waals surface area contributed by atoms with Crippen molar-refractivity contribution in [2.75, 3.05) is 12.4 Å². The normalized spacial score (nSPS) is 41.1. The zero-order valence-corrected chi connectivity index (χ0v) is 11.2. The van der Waals surface area contributed by atoms with Gasteiger partial charge in [-0.25, -0.2) is 0 Å². The van der Waals surface area contributed by atoms with Crippen molar-refractivity contribution in [3.8, 4) is 0 Å². The van der Waals surface area contributed by atoms with Crippen LogP contribution in [0.1, 0.15) is 43.6 Å². The molecule has 4 saturated carbocycles. The van der Waals surface area contributed by atoms with Gasteiger partial charge in [0.05, 0.1) is 0 Å². The molecule has 1 aromatic rings. The van der Waals surface area contributed by atoms with Crippen LogP contribution in [0, 0.1) is 23.7 Å². The van der Waals surface area contributed by atoms with Gasteiger partial charge in [-0.3, -0.25) is 0 Å². The van der Waals surface area contributed by atoms with Crippen LogP contribution in [0.4, 0.5) is 5.69 Å². The summed E-state index contributed by atoms with van der Waals surface area (Å²) in [5.74, 6) is 5.05. The third-order valence-corrected chi connectivity index (χ3v) is 5.81. The van der Waals surface area contributed by atoms with Crippen molar-refractivity contribution in [2.24, 2.45) is 23.7 Å². The SMILES string of the molecule is CNc1ccc(C2C3CC4CC(C3)CC2C4)cc1. The average Bonchev–Trinajstić information content (AvgIpc) is 2.38. The Kier molecular flexibility index (Phi) is 2.43. The van der Waals surface area contributed by atoms with E-state index in [1.54, 1.807) is 12.0 Å². The van der Waals surface area contributed by atoms with Crippen LogP contribution in [0.3, 0.4) is 0 Å². The predicted octanol–water partition coefficient (Wildman–Crippen LogP) is 4.27. The number of rotatable bonds is 2. The van der Waals surface area contributed by atoms with Crippen LogP contribution in [0.15, 0.2) is 24.3 Å². The van der Waals surface area contributed by atoms with E-state index in [0.717, 1.165) is 29.6 Å². The minimum absolute atomic E-state index is 0.878. The molecule has 4 bridgehead atoms. The van der Waals surface area contributed by atoms with E-state index in [9.17, 15) is 0 Å². The van der Waals surface area contributed by atoms with Gasteiger partial charge in [0.2, 0.25) is 0 Å². The number of hydrogen-bond donors (Lipinski definition) is 1. The number of hydrogen-bond acceptors (Lipinski definition) is 1. The second kappa shape index (κ2) is 4.01. The van der Waals surface area contributed by atoms with Gasteiger partial charge in [-0.05, 0) is 79.4 Å². The number of nitrogens with one attached hydrogen (secondary N) is 1. The van der Waals surface area contributed by atoms with E-state index < -0.39 is 0 Å². The quantitative estimate of drug-likeness (QED) is 0.815. The second-order valence-corrected chi connectivity index (χ2v) is 6.83. The van der Waals surface area contributed by atoms with Crippen molar-refractivity contribution < 1.29 is 0 Å². The minimum atomic E-state index is 0.878. The van der Waals surface area contributed by atoms with Crippen molar-refractivity contribution in [1.29, 1.82) is 0 Å². The Balaban J connectivity index is 1.63. The van der Waals surface area contributed by atoms with Crippen LogP contribution in [0.25, 0.3) is 0 Å². The summed E-state index contributed by atoms with van der Waals surface area (Å²) in [4.78, 5) is 0. The second-order valence-electron chi connectivity index (χ2n) is 6.83. The summed E-state index contributed by atoms with van der Waals surface area (Å²) in [5.41, 5.74) is 2.85. The number of benzene rings is 1. The smallest absolute Gasteiger partial charge is 0.0337 e. The molecule has 1 nitrogen and oxygen atoms in total. The summed E-state index contributed by atoms with van der Waals surface area (Å²) in [5, 5.41) is 3.22. The van der Waals surface area contributed by atoms with Crippen molar-refractivity contribution in [1.82, 2.24) is 0 Å². The maximum atomic E-state index is 3.22. The molecule has 1 aromatic carbocycles. The fourth-order valence-electron chi connectivity index (χ4n) is 5.34. The van der Waals surface area contributed by atoms with E-state index in [1.165, 1.54) is 31.4 Å². The Morgan fingerprint density at radius 1 is 0.833 bits per heavy atom.